The van der Waals surface area contributed by atoms with Crippen LogP contribution in [0.1, 0.15) is 24.1 Å². The molecule has 0 radical (unpaired) electrons. The summed E-state index contributed by atoms with van der Waals surface area (Å²) in [5.41, 5.74) is 1.96. The van der Waals surface area contributed by atoms with E-state index in [9.17, 15) is 4.79 Å². The maximum atomic E-state index is 12.7. The number of carbonyl (C=O) groups is 1. The van der Waals surface area contributed by atoms with Crippen molar-refractivity contribution in [2.45, 2.75) is 26.4 Å². The van der Waals surface area contributed by atoms with E-state index in [-0.39, 0.29) is 18.5 Å². The molecular formula is C19H22N4O3S2. The maximum absolute atomic E-state index is 12.7. The van der Waals surface area contributed by atoms with Crippen molar-refractivity contribution in [3.05, 3.63) is 45.5 Å². The largest absolute Gasteiger partial charge is 0.493 e. The molecule has 7 nitrogen and oxygen atoms in total. The van der Waals surface area contributed by atoms with Crippen LogP contribution in [-0.4, -0.2) is 34.9 Å². The molecule has 28 heavy (non-hydrogen) atoms. The van der Waals surface area contributed by atoms with Crippen LogP contribution in [0.4, 0.5) is 0 Å². The number of carbonyl (C=O) groups excluding carboxylic acids is 1. The number of aromatic nitrogens is 3. The monoisotopic (exact) mass is 418 g/mol. The Balaban J connectivity index is 1.78. The molecule has 2 N–H and O–H groups in total. The van der Waals surface area contributed by atoms with Crippen molar-refractivity contribution >= 4 is 29.5 Å². The summed E-state index contributed by atoms with van der Waals surface area (Å²) in [4.78, 5) is 13.6. The Bertz CT molecular complexity index is 1020. The van der Waals surface area contributed by atoms with E-state index in [0.717, 1.165) is 16.0 Å². The van der Waals surface area contributed by atoms with Gasteiger partial charge in [-0.3, -0.25) is 14.5 Å². The van der Waals surface area contributed by atoms with Gasteiger partial charge in [-0.25, -0.2) is 0 Å². The summed E-state index contributed by atoms with van der Waals surface area (Å²) >= 11 is 6.84. The lowest BCUT2D eigenvalue weighted by molar-refractivity contribution is -0.122. The average Bonchev–Trinajstić information content (AvgIpc) is 3.31. The zero-order valence-electron chi connectivity index (χ0n) is 16.1. The molecule has 0 saturated heterocycles. The summed E-state index contributed by atoms with van der Waals surface area (Å²) in [6.07, 6.45) is 0. The van der Waals surface area contributed by atoms with Crippen LogP contribution in [0.5, 0.6) is 11.5 Å². The van der Waals surface area contributed by atoms with Gasteiger partial charge in [-0.1, -0.05) is 6.07 Å². The SMILES string of the molecule is COc1cc(C)c(C(C)NC(=O)Cn2c(-c3cccs3)n[nH]c2=S)cc1OC. The van der Waals surface area contributed by atoms with Crippen LogP contribution >= 0.6 is 23.6 Å². The van der Waals surface area contributed by atoms with Crippen LogP contribution in [-0.2, 0) is 11.3 Å². The lowest BCUT2D eigenvalue weighted by Gasteiger charge is -2.19. The van der Waals surface area contributed by atoms with Gasteiger partial charge >= 0.3 is 0 Å². The number of nitrogens with one attached hydrogen (secondary N) is 2. The second kappa shape index (κ2) is 8.57. The van der Waals surface area contributed by atoms with E-state index < -0.39 is 0 Å². The predicted molar refractivity (Wildman–Crippen MR) is 112 cm³/mol. The molecule has 9 heteroatoms. The van der Waals surface area contributed by atoms with Gasteiger partial charge in [0.25, 0.3) is 0 Å². The molecule has 2 heterocycles. The van der Waals surface area contributed by atoms with E-state index in [1.807, 2.05) is 43.5 Å². The molecule has 3 rings (SSSR count). The van der Waals surface area contributed by atoms with Crippen LogP contribution in [0, 0.1) is 11.7 Å². The molecule has 148 valence electrons. The number of aromatic amines is 1. The quantitative estimate of drug-likeness (QED) is 0.569. The van der Waals surface area contributed by atoms with Gasteiger partial charge in [0.05, 0.1) is 25.1 Å². The molecule has 0 saturated carbocycles. The Labute approximate surface area is 172 Å². The number of benzene rings is 1. The highest BCUT2D eigenvalue weighted by Crippen LogP contribution is 2.32. The summed E-state index contributed by atoms with van der Waals surface area (Å²) in [5, 5.41) is 12.0. The fourth-order valence-electron chi connectivity index (χ4n) is 3.03. The zero-order chi connectivity index (χ0) is 20.3. The summed E-state index contributed by atoms with van der Waals surface area (Å²) in [6, 6.07) is 7.46. The third-order valence-corrected chi connectivity index (χ3v) is 5.60. The molecule has 1 atom stereocenters. The van der Waals surface area contributed by atoms with Crippen LogP contribution in [0.3, 0.4) is 0 Å². The fourth-order valence-corrected chi connectivity index (χ4v) is 3.95. The topological polar surface area (TPSA) is 81.2 Å². The van der Waals surface area contributed by atoms with Crippen molar-refractivity contribution in [1.82, 2.24) is 20.1 Å². The summed E-state index contributed by atoms with van der Waals surface area (Å²) in [7, 11) is 3.19. The Morgan fingerprint density at radius 1 is 1.36 bits per heavy atom. The van der Waals surface area contributed by atoms with Gasteiger partial charge in [-0.15, -0.1) is 11.3 Å². The van der Waals surface area contributed by atoms with Crippen molar-refractivity contribution in [2.75, 3.05) is 14.2 Å². The maximum Gasteiger partial charge on any atom is 0.240 e. The molecule has 0 bridgehead atoms. The van der Waals surface area contributed by atoms with Gasteiger partial charge in [0.15, 0.2) is 22.1 Å². The fraction of sp³-hybridized carbons (Fsp3) is 0.316. The second-order valence-electron chi connectivity index (χ2n) is 6.27. The Morgan fingerprint density at radius 2 is 2.07 bits per heavy atom. The number of hydrogen-bond donors (Lipinski definition) is 2. The Kier molecular flexibility index (Phi) is 6.15. The highest BCUT2D eigenvalue weighted by molar-refractivity contribution is 7.71. The number of ether oxygens (including phenoxy) is 2. The first-order valence-corrected chi connectivity index (χ1v) is 9.94. The smallest absolute Gasteiger partial charge is 0.240 e. The van der Waals surface area contributed by atoms with E-state index >= 15 is 0 Å². The van der Waals surface area contributed by atoms with E-state index in [1.165, 1.54) is 0 Å². The van der Waals surface area contributed by atoms with E-state index in [0.29, 0.717) is 22.1 Å². The Morgan fingerprint density at radius 3 is 2.71 bits per heavy atom. The van der Waals surface area contributed by atoms with Crippen LogP contribution < -0.4 is 14.8 Å². The first-order chi connectivity index (χ1) is 13.4. The molecule has 1 amide bonds. The molecule has 0 aliphatic rings. The van der Waals surface area contributed by atoms with Crippen LogP contribution in [0.2, 0.25) is 0 Å². The second-order valence-corrected chi connectivity index (χ2v) is 7.60. The minimum atomic E-state index is -0.210. The molecular weight excluding hydrogens is 396 g/mol. The first kappa shape index (κ1) is 20.1. The van der Waals surface area contributed by atoms with Gasteiger partial charge in [0.1, 0.15) is 6.54 Å². The number of aryl methyl sites for hydroxylation is 1. The van der Waals surface area contributed by atoms with Crippen molar-refractivity contribution < 1.29 is 14.3 Å². The van der Waals surface area contributed by atoms with E-state index in [1.54, 1.807) is 30.1 Å². The first-order valence-electron chi connectivity index (χ1n) is 8.65. The van der Waals surface area contributed by atoms with Crippen molar-refractivity contribution in [1.29, 1.82) is 0 Å². The van der Waals surface area contributed by atoms with E-state index in [2.05, 4.69) is 15.5 Å². The molecule has 2 aromatic heterocycles. The summed E-state index contributed by atoms with van der Waals surface area (Å²) < 4.78 is 12.8. The number of hydrogen-bond acceptors (Lipinski definition) is 6. The average molecular weight is 419 g/mol. The van der Waals surface area contributed by atoms with Gasteiger partial charge in [-0.2, -0.15) is 5.10 Å². The Hall–Kier alpha value is -2.65. The molecule has 0 aliphatic carbocycles. The standard InChI is InChI=1S/C19H22N4O3S2/c1-11-8-14(25-3)15(26-4)9-13(11)12(2)20-17(24)10-23-18(21-22-19(23)27)16-6-5-7-28-16/h5-9,12H,10H2,1-4H3,(H,20,24)(H,22,27). The number of rotatable bonds is 7. The molecule has 1 unspecified atom stereocenters. The zero-order valence-corrected chi connectivity index (χ0v) is 17.7. The van der Waals surface area contributed by atoms with Crippen molar-refractivity contribution in [2.24, 2.45) is 0 Å². The highest BCUT2D eigenvalue weighted by Gasteiger charge is 2.18. The molecule has 0 fully saturated rings. The molecule has 1 aromatic carbocycles. The van der Waals surface area contributed by atoms with Gasteiger partial charge in [0, 0.05) is 0 Å². The number of methoxy groups -OCH3 is 2. The summed E-state index contributed by atoms with van der Waals surface area (Å²) in [5.74, 6) is 1.79. The normalized spacial score (nSPS) is 11.9. The van der Waals surface area contributed by atoms with Gasteiger partial charge in [0.2, 0.25) is 5.91 Å². The predicted octanol–water partition coefficient (Wildman–Crippen LogP) is 3.87. The molecule has 3 aromatic rings. The van der Waals surface area contributed by atoms with Crippen LogP contribution in [0.15, 0.2) is 29.6 Å². The van der Waals surface area contributed by atoms with E-state index in [4.69, 9.17) is 21.7 Å². The number of nitrogens with zero attached hydrogens (tertiary/aromatic N) is 2. The van der Waals surface area contributed by atoms with Gasteiger partial charge in [-0.05, 0) is 60.8 Å². The van der Waals surface area contributed by atoms with Gasteiger partial charge < -0.3 is 14.8 Å². The number of thiophene rings is 1. The third-order valence-electron chi connectivity index (χ3n) is 4.42. The third kappa shape index (κ3) is 4.10. The molecule has 0 aliphatic heterocycles. The van der Waals surface area contributed by atoms with Crippen LogP contribution in [0.25, 0.3) is 10.7 Å². The summed E-state index contributed by atoms with van der Waals surface area (Å²) in [6.45, 7) is 3.99. The number of amides is 1. The minimum absolute atomic E-state index is 0.0826. The lowest BCUT2D eigenvalue weighted by Crippen LogP contribution is -2.30. The number of H-pyrrole nitrogens is 1. The van der Waals surface area contributed by atoms with Crippen molar-refractivity contribution in [3.63, 3.8) is 0 Å². The molecule has 0 spiro atoms. The highest BCUT2D eigenvalue weighted by atomic mass is 32.1. The van der Waals surface area contributed by atoms with Crippen molar-refractivity contribution in [3.8, 4) is 22.2 Å². The lowest BCUT2D eigenvalue weighted by atomic mass is 10.0. The minimum Gasteiger partial charge on any atom is -0.493 e.